The van der Waals surface area contributed by atoms with E-state index in [0.717, 1.165) is 0 Å². The molecule has 0 bridgehead atoms. The van der Waals surface area contributed by atoms with E-state index in [1.807, 2.05) is 0 Å². The molecule has 4 heteroatoms. The molecular formula is C2H4S2Sb2. The average molecular weight is 336 g/mol. The molecule has 0 saturated carbocycles. The number of rotatable bonds is 3. The minimum atomic E-state index is -0.119. The number of hydrogen-bond acceptors (Lipinski definition) is 2. The first kappa shape index (κ1) is 8.08. The van der Waals surface area contributed by atoms with Gasteiger partial charge in [0.05, 0.1) is 0 Å². The van der Waals surface area contributed by atoms with Crippen LogP contribution in [-0.2, 0) is 0 Å². The molecule has 0 saturated heterocycles. The van der Waals surface area contributed by atoms with Gasteiger partial charge in [-0.3, -0.25) is 0 Å². The van der Waals surface area contributed by atoms with Gasteiger partial charge in [0.15, 0.2) is 0 Å². The van der Waals surface area contributed by atoms with Gasteiger partial charge in [0.2, 0.25) is 0 Å². The van der Waals surface area contributed by atoms with Crippen molar-refractivity contribution in [3.63, 3.8) is 0 Å². The van der Waals surface area contributed by atoms with E-state index in [0.29, 0.717) is 0 Å². The van der Waals surface area contributed by atoms with Gasteiger partial charge < -0.3 is 0 Å². The summed E-state index contributed by atoms with van der Waals surface area (Å²) in [5, 5.41) is 0. The first-order chi connectivity index (χ1) is 2.91. The molecule has 0 aromatic heterocycles. The normalized spacial score (nSPS) is 7.33. The van der Waals surface area contributed by atoms with Crippen LogP contribution < -0.4 is 0 Å². The van der Waals surface area contributed by atoms with E-state index in [2.05, 4.69) is 0 Å². The van der Waals surface area contributed by atoms with Gasteiger partial charge in [0.25, 0.3) is 0 Å². The van der Waals surface area contributed by atoms with E-state index >= 15 is 0 Å². The summed E-state index contributed by atoms with van der Waals surface area (Å²) in [5.41, 5.74) is 0. The maximum absolute atomic E-state index is 4.85. The molecule has 0 rings (SSSR count). The van der Waals surface area contributed by atoms with Crippen LogP contribution in [-0.4, -0.2) is 39.3 Å². The Morgan fingerprint density at radius 3 is 1.50 bits per heavy atom. The van der Waals surface area contributed by atoms with Crippen molar-refractivity contribution in [1.82, 2.24) is 0 Å². The van der Waals surface area contributed by atoms with Crippen LogP contribution in [0.1, 0.15) is 0 Å². The molecule has 0 fully saturated rings. The first-order valence-electron chi connectivity index (χ1n) is 1.50. The summed E-state index contributed by atoms with van der Waals surface area (Å²) >= 11 is -0.238. The molecule has 0 spiro atoms. The van der Waals surface area contributed by atoms with Gasteiger partial charge in [-0.25, -0.2) is 0 Å². The molecule has 0 nitrogen and oxygen atoms in total. The zero-order valence-corrected chi connectivity index (χ0v) is 9.86. The Morgan fingerprint density at radius 1 is 1.00 bits per heavy atom. The predicted octanol–water partition coefficient (Wildman–Crippen LogP) is 1.46. The van der Waals surface area contributed by atoms with Crippen LogP contribution in [0.5, 0.6) is 0 Å². The Labute approximate surface area is 65.4 Å². The van der Waals surface area contributed by atoms with Crippen LogP contribution in [0, 0.1) is 0 Å². The zero-order chi connectivity index (χ0) is 4.83. The van der Waals surface area contributed by atoms with Crippen molar-refractivity contribution in [3.8, 4) is 0 Å². The molecule has 0 aromatic carbocycles. The predicted molar refractivity (Wildman–Crippen MR) is 36.3 cm³/mol. The van der Waals surface area contributed by atoms with E-state index in [9.17, 15) is 0 Å². The molecule has 0 heterocycles. The maximum atomic E-state index is 4.85. The monoisotopic (exact) mass is 334 g/mol. The molecule has 0 unspecified atom stereocenters. The fraction of sp³-hybridized carbons (Fsp3) is 1.00. The molecule has 0 aromatic rings. The Bertz CT molecular complexity index is 45.5. The van der Waals surface area contributed by atoms with Gasteiger partial charge in [-0.05, 0) is 0 Å². The molecule has 0 aliphatic rings. The topological polar surface area (TPSA) is 0 Å². The van der Waals surface area contributed by atoms with Gasteiger partial charge in [0, 0.05) is 0 Å². The summed E-state index contributed by atoms with van der Waals surface area (Å²) in [6.45, 7) is 0. The third-order valence-electron chi connectivity index (χ3n) is 0.283. The fourth-order valence-electron chi connectivity index (χ4n) is 0.0816. The van der Waals surface area contributed by atoms with Crippen molar-refractivity contribution >= 4 is 57.7 Å². The molecular weight excluding hydrogens is 332 g/mol. The van der Waals surface area contributed by atoms with Crippen LogP contribution in [0.3, 0.4) is 0 Å². The molecule has 34 valence electrons. The van der Waals surface area contributed by atoms with Crippen LogP contribution in [0.2, 0.25) is 8.73 Å². The summed E-state index contributed by atoms with van der Waals surface area (Å²) in [6.07, 6.45) is 0. The van der Waals surface area contributed by atoms with Gasteiger partial charge in [-0.2, -0.15) is 0 Å². The summed E-state index contributed by atoms with van der Waals surface area (Å²) in [7, 11) is 9.69. The summed E-state index contributed by atoms with van der Waals surface area (Å²) in [5.74, 6) is 0. The van der Waals surface area contributed by atoms with Crippen molar-refractivity contribution in [3.05, 3.63) is 0 Å². The van der Waals surface area contributed by atoms with E-state index in [1.165, 1.54) is 8.73 Å². The second-order valence-corrected chi connectivity index (χ2v) is 8.20. The molecule has 0 radical (unpaired) electrons. The minimum absolute atomic E-state index is 0.119. The quantitative estimate of drug-likeness (QED) is 0.566. The van der Waals surface area contributed by atoms with Gasteiger partial charge >= 0.3 is 66.4 Å². The van der Waals surface area contributed by atoms with Gasteiger partial charge in [-0.1, -0.05) is 0 Å². The Morgan fingerprint density at radius 2 is 1.33 bits per heavy atom. The average Bonchev–Trinajstić information content (AvgIpc) is 1.61. The molecule has 0 aliphatic heterocycles. The van der Waals surface area contributed by atoms with Gasteiger partial charge in [-0.15, -0.1) is 0 Å². The Kier molecular flexibility index (Phi) is 9.53. The third-order valence-corrected chi connectivity index (χ3v) is 8.17. The summed E-state index contributed by atoms with van der Waals surface area (Å²) in [4.78, 5) is 0. The molecule has 0 atom stereocenters. The van der Waals surface area contributed by atoms with Gasteiger partial charge in [0.1, 0.15) is 0 Å². The van der Waals surface area contributed by atoms with Crippen molar-refractivity contribution in [1.29, 1.82) is 0 Å². The fourth-order valence-corrected chi connectivity index (χ4v) is 11.0. The Hall–Kier alpha value is 2.08. The molecule has 0 amide bonds. The number of hydrogen-bond donors (Lipinski definition) is 0. The van der Waals surface area contributed by atoms with Crippen molar-refractivity contribution in [2.24, 2.45) is 0 Å². The van der Waals surface area contributed by atoms with Crippen LogP contribution in [0.25, 0.3) is 0 Å². The molecule has 0 aliphatic carbocycles. The van der Waals surface area contributed by atoms with Crippen molar-refractivity contribution in [2.75, 3.05) is 0 Å². The van der Waals surface area contributed by atoms with E-state index in [4.69, 9.17) is 18.4 Å². The first-order valence-corrected chi connectivity index (χ1v) is 12.1. The third kappa shape index (κ3) is 6.08. The SMILES string of the molecule is [S]=[Sb][CH2][CH2][Sb]=[S]. The van der Waals surface area contributed by atoms with Crippen molar-refractivity contribution < 1.29 is 0 Å². The van der Waals surface area contributed by atoms with Crippen LogP contribution >= 0.6 is 18.4 Å². The molecule has 0 N–H and O–H groups in total. The Balaban J connectivity index is 2.66. The summed E-state index contributed by atoms with van der Waals surface area (Å²) < 4.78 is 2.68. The van der Waals surface area contributed by atoms with E-state index in [-0.39, 0.29) is 39.3 Å². The van der Waals surface area contributed by atoms with Crippen LogP contribution in [0.4, 0.5) is 0 Å². The second-order valence-electron chi connectivity index (χ2n) is 0.705. The summed E-state index contributed by atoms with van der Waals surface area (Å²) in [6, 6.07) is 0. The van der Waals surface area contributed by atoms with Crippen molar-refractivity contribution in [2.45, 2.75) is 8.73 Å². The van der Waals surface area contributed by atoms with E-state index in [1.54, 1.807) is 0 Å². The molecule has 6 heavy (non-hydrogen) atoms. The second kappa shape index (κ2) is 7.08. The standard InChI is InChI=1S/C2H4.2S.2Sb/c1-2;;;;/h1-2H2;;;;. The van der Waals surface area contributed by atoms with E-state index < -0.39 is 0 Å². The zero-order valence-electron chi connectivity index (χ0n) is 3.13. The van der Waals surface area contributed by atoms with Crippen LogP contribution in [0.15, 0.2) is 0 Å².